The second kappa shape index (κ2) is 33.1. The lowest BCUT2D eigenvalue weighted by Gasteiger charge is -2.22. The average Bonchev–Trinajstić information content (AvgIpc) is 3.14. The van der Waals surface area contributed by atoms with Crippen LogP contribution in [0.2, 0.25) is 0 Å². The molecule has 1 aromatic rings. The second-order valence-electron chi connectivity index (χ2n) is 10.8. The van der Waals surface area contributed by atoms with Crippen LogP contribution in [-0.2, 0) is 53.8 Å². The predicted octanol–water partition coefficient (Wildman–Crippen LogP) is 4.06. The molecule has 19 heteroatoms. The number of rotatable bonds is 37. The van der Waals surface area contributed by atoms with Crippen molar-refractivity contribution in [3.63, 3.8) is 0 Å². The summed E-state index contributed by atoms with van der Waals surface area (Å²) in [7, 11) is 0. The number of ketones is 1. The molecule has 0 amide bonds. The molecule has 0 bridgehead atoms. The third kappa shape index (κ3) is 23.9. The average molecular weight is 761 g/mol. The van der Waals surface area contributed by atoms with Crippen LogP contribution in [0.5, 0.6) is 0 Å². The number of hydrogen-bond acceptors (Lipinski definition) is 12. The summed E-state index contributed by atoms with van der Waals surface area (Å²) in [6.45, 7) is 11.3. The first-order valence-electron chi connectivity index (χ1n) is 17.3. The number of benzene rings is 1. The van der Waals surface area contributed by atoms with Gasteiger partial charge in [-0.2, -0.15) is 0 Å². The van der Waals surface area contributed by atoms with Gasteiger partial charge in [0.1, 0.15) is 5.78 Å². The molecule has 52 heavy (non-hydrogen) atoms. The summed E-state index contributed by atoms with van der Waals surface area (Å²) in [6, 6.07) is 0. The monoisotopic (exact) mass is 760 g/mol. The van der Waals surface area contributed by atoms with Crippen molar-refractivity contribution >= 4 is 5.78 Å². The highest BCUT2D eigenvalue weighted by molar-refractivity contribution is 5.81. The number of azide groups is 1. The Kier molecular flexibility index (Phi) is 30.2. The molecular weight excluding hydrogens is 707 g/mol. The Labute approximate surface area is 301 Å². The molecule has 0 N–H and O–H groups in total. The van der Waals surface area contributed by atoms with Crippen LogP contribution in [0.4, 0.5) is 22.0 Å². The fraction of sp³-hybridized carbons (Fsp3) is 0.788. The largest absolute Gasteiger partial charge is 0.379 e. The Morgan fingerprint density at radius 2 is 0.885 bits per heavy atom. The third-order valence-electron chi connectivity index (χ3n) is 6.83. The van der Waals surface area contributed by atoms with Gasteiger partial charge in [0, 0.05) is 56.1 Å². The minimum absolute atomic E-state index is 0.109. The summed E-state index contributed by atoms with van der Waals surface area (Å²) in [6.07, 6.45) is -0.251. The summed E-state index contributed by atoms with van der Waals surface area (Å²) in [5.41, 5.74) is 7.05. The van der Waals surface area contributed by atoms with E-state index in [0.29, 0.717) is 106 Å². The maximum Gasteiger partial charge on any atom is 0.200 e. The van der Waals surface area contributed by atoms with E-state index in [1.54, 1.807) is 0 Å². The van der Waals surface area contributed by atoms with Crippen molar-refractivity contribution in [3.8, 4) is 0 Å². The zero-order chi connectivity index (χ0) is 38.1. The predicted molar refractivity (Wildman–Crippen MR) is 178 cm³/mol. The number of Topliss-reactive ketones (excluding diaryl/α,β-unsaturated/α-hetero) is 1. The van der Waals surface area contributed by atoms with E-state index < -0.39 is 46.9 Å². The molecule has 0 aliphatic rings. The fourth-order valence-electron chi connectivity index (χ4n) is 4.11. The lowest BCUT2D eigenvalue weighted by molar-refractivity contribution is -0.119. The van der Waals surface area contributed by atoms with Crippen LogP contribution in [0.3, 0.4) is 0 Å². The zero-order valence-corrected chi connectivity index (χ0v) is 29.9. The first-order valence-corrected chi connectivity index (χ1v) is 17.3. The molecule has 1 aromatic carbocycles. The summed E-state index contributed by atoms with van der Waals surface area (Å²) >= 11 is 0. The van der Waals surface area contributed by atoms with Crippen molar-refractivity contribution in [1.82, 2.24) is 4.90 Å². The second-order valence-corrected chi connectivity index (χ2v) is 10.8. The number of nitrogens with zero attached hydrogens (tertiary/aromatic N) is 4. The molecule has 0 aliphatic heterocycles. The minimum Gasteiger partial charge on any atom is -0.379 e. The highest BCUT2D eigenvalue weighted by atomic mass is 19.2. The quantitative estimate of drug-likeness (QED) is 0.0184. The van der Waals surface area contributed by atoms with Gasteiger partial charge in [0.15, 0.2) is 23.3 Å². The lowest BCUT2D eigenvalue weighted by atomic mass is 10.0. The van der Waals surface area contributed by atoms with Gasteiger partial charge in [0.2, 0.25) is 5.82 Å². The molecular formula is C33H53F5N4O10. The minimum atomic E-state index is -2.27. The van der Waals surface area contributed by atoms with Crippen LogP contribution in [0.25, 0.3) is 10.4 Å². The van der Waals surface area contributed by atoms with Crippen molar-refractivity contribution in [1.29, 1.82) is 0 Å². The lowest BCUT2D eigenvalue weighted by Crippen LogP contribution is -2.34. The van der Waals surface area contributed by atoms with Crippen LogP contribution in [0, 0.1) is 29.1 Å². The van der Waals surface area contributed by atoms with Crippen molar-refractivity contribution in [2.24, 2.45) is 5.11 Å². The van der Waals surface area contributed by atoms with Crippen LogP contribution in [0.15, 0.2) is 5.11 Å². The molecule has 0 spiro atoms. The smallest absolute Gasteiger partial charge is 0.200 e. The molecule has 0 atom stereocenters. The molecule has 0 aromatic heterocycles. The Balaban J connectivity index is 2.18. The summed E-state index contributed by atoms with van der Waals surface area (Å²) < 4.78 is 117. The Hall–Kier alpha value is -2.55. The Bertz CT molecular complexity index is 1100. The van der Waals surface area contributed by atoms with Gasteiger partial charge in [-0.3, -0.25) is 9.69 Å². The standard InChI is InChI=1S/C33H53F5N4O10/c1-2-8-44-14-20-50-23-17-47-11-5-42(7-13-49-19-25-52-22-16-46-10-4-40-41-39)6-12-48-18-24-51-21-15-45-9-3-27(43)26-28-29(34)31(36)33(38)32(37)30(28)35/h2-26H2,1H3. The Morgan fingerprint density at radius 1 is 0.538 bits per heavy atom. The number of ether oxygens (including phenoxy) is 9. The summed E-state index contributed by atoms with van der Waals surface area (Å²) in [4.78, 5) is 16.8. The van der Waals surface area contributed by atoms with Crippen LogP contribution in [0.1, 0.15) is 25.3 Å². The van der Waals surface area contributed by atoms with E-state index in [1.807, 2.05) is 6.92 Å². The molecule has 0 radical (unpaired) electrons. The van der Waals surface area contributed by atoms with E-state index >= 15 is 0 Å². The first kappa shape index (κ1) is 47.5. The van der Waals surface area contributed by atoms with Crippen molar-refractivity contribution < 1.29 is 69.4 Å². The number of carbonyl (C=O) groups excluding carboxylic acids is 1. The van der Waals surface area contributed by atoms with E-state index in [9.17, 15) is 26.7 Å². The van der Waals surface area contributed by atoms with E-state index in [0.717, 1.165) is 13.0 Å². The molecule has 0 aliphatic carbocycles. The van der Waals surface area contributed by atoms with Crippen molar-refractivity contribution in [3.05, 3.63) is 45.1 Å². The van der Waals surface area contributed by atoms with Gasteiger partial charge >= 0.3 is 0 Å². The molecule has 14 nitrogen and oxygen atoms in total. The maximum absolute atomic E-state index is 13.8. The van der Waals surface area contributed by atoms with Gasteiger partial charge in [0.05, 0.1) is 112 Å². The number of hydrogen-bond donors (Lipinski definition) is 0. The topological polar surface area (TPSA) is 152 Å². The molecule has 0 heterocycles. The van der Waals surface area contributed by atoms with Gasteiger partial charge in [-0.15, -0.1) is 0 Å². The molecule has 0 saturated carbocycles. The summed E-state index contributed by atoms with van der Waals surface area (Å²) in [5, 5.41) is 3.38. The molecule has 0 fully saturated rings. The maximum atomic E-state index is 13.8. The van der Waals surface area contributed by atoms with Gasteiger partial charge in [-0.05, 0) is 12.0 Å². The number of carbonyl (C=O) groups is 1. The molecule has 0 unspecified atom stereocenters. The number of halogens is 5. The van der Waals surface area contributed by atoms with Crippen LogP contribution >= 0.6 is 0 Å². The van der Waals surface area contributed by atoms with Crippen LogP contribution < -0.4 is 0 Å². The third-order valence-corrected chi connectivity index (χ3v) is 6.83. The van der Waals surface area contributed by atoms with Gasteiger partial charge in [-0.1, -0.05) is 12.0 Å². The van der Waals surface area contributed by atoms with E-state index in [4.69, 9.17) is 48.2 Å². The van der Waals surface area contributed by atoms with E-state index in [2.05, 4.69) is 14.9 Å². The molecule has 0 saturated heterocycles. The highest BCUT2D eigenvalue weighted by Crippen LogP contribution is 2.23. The van der Waals surface area contributed by atoms with E-state index in [-0.39, 0.29) is 39.4 Å². The van der Waals surface area contributed by atoms with Crippen LogP contribution in [-0.4, -0.2) is 156 Å². The van der Waals surface area contributed by atoms with Gasteiger partial charge in [-0.25, -0.2) is 22.0 Å². The molecule has 300 valence electrons. The normalized spacial score (nSPS) is 11.4. The first-order chi connectivity index (χ1) is 25.3. The van der Waals surface area contributed by atoms with E-state index in [1.165, 1.54) is 0 Å². The Morgan fingerprint density at radius 3 is 1.29 bits per heavy atom. The van der Waals surface area contributed by atoms with Gasteiger partial charge < -0.3 is 42.6 Å². The van der Waals surface area contributed by atoms with Crippen molar-refractivity contribution in [2.75, 3.05) is 145 Å². The summed E-state index contributed by atoms with van der Waals surface area (Å²) in [5.74, 6) is -11.2. The zero-order valence-electron chi connectivity index (χ0n) is 29.9. The molecule has 1 rings (SSSR count). The SMILES string of the molecule is CCCOCCOCCOCCN(CCOCCOCCOCCN=[N+]=[N-])CCOCCOCCOCCC(=O)Cc1c(F)c(F)c(F)c(F)c1F. The fourth-order valence-corrected chi connectivity index (χ4v) is 4.11. The van der Waals surface area contributed by atoms with Gasteiger partial charge in [0.25, 0.3) is 0 Å². The highest BCUT2D eigenvalue weighted by Gasteiger charge is 2.26. The van der Waals surface area contributed by atoms with Crippen molar-refractivity contribution in [2.45, 2.75) is 26.2 Å².